The Labute approximate surface area is 135 Å². The maximum atomic E-state index is 4.55. The van der Waals surface area contributed by atoms with Crippen LogP contribution >= 0.6 is 27.7 Å². The first-order chi connectivity index (χ1) is 10.2. The fraction of sp³-hybridized carbons (Fsp3) is 0.133. The largest absolute Gasteiger partial charge is 0.264 e. The quantitative estimate of drug-likeness (QED) is 0.696. The lowest BCUT2D eigenvalue weighted by atomic mass is 10.2. The van der Waals surface area contributed by atoms with Gasteiger partial charge in [0.2, 0.25) is 5.16 Å². The third-order valence-electron chi connectivity index (χ3n) is 3.03. The summed E-state index contributed by atoms with van der Waals surface area (Å²) in [6, 6.07) is 12.0. The van der Waals surface area contributed by atoms with Gasteiger partial charge in [-0.05, 0) is 24.6 Å². The summed E-state index contributed by atoms with van der Waals surface area (Å²) < 4.78 is 0.998. The molecule has 106 valence electrons. The van der Waals surface area contributed by atoms with Crippen LogP contribution in [0.4, 0.5) is 0 Å². The molecule has 0 fully saturated rings. The van der Waals surface area contributed by atoms with Gasteiger partial charge in [0.1, 0.15) is 0 Å². The highest BCUT2D eigenvalue weighted by molar-refractivity contribution is 9.10. The summed E-state index contributed by atoms with van der Waals surface area (Å²) in [6.45, 7) is 2.12. The molecule has 0 aliphatic carbocycles. The highest BCUT2D eigenvalue weighted by Gasteiger charge is 2.13. The number of nitrogens with one attached hydrogen (secondary N) is 1. The molecule has 3 rings (SSSR count). The fourth-order valence-corrected chi connectivity index (χ4v) is 3.22. The van der Waals surface area contributed by atoms with Crippen LogP contribution in [0.25, 0.3) is 11.4 Å². The third kappa shape index (κ3) is 3.33. The van der Waals surface area contributed by atoms with E-state index in [4.69, 9.17) is 0 Å². The number of hydrogen-bond donors (Lipinski definition) is 1. The minimum atomic E-state index is 0.251. The van der Waals surface area contributed by atoms with Crippen molar-refractivity contribution in [3.8, 4) is 11.4 Å². The molecule has 1 atom stereocenters. The average molecular weight is 361 g/mol. The standard InChI is InChI=1S/C15H13BrN4S/c1-10(11-5-4-8-17-9-11)21-15-18-14(19-20-15)12-6-2-3-7-13(12)16/h2-10H,1H3,(H,18,19,20). The number of rotatable bonds is 4. The van der Waals surface area contributed by atoms with Crippen molar-refractivity contribution < 1.29 is 0 Å². The molecule has 3 aromatic rings. The molecule has 0 saturated heterocycles. The van der Waals surface area contributed by atoms with Crippen LogP contribution in [0.3, 0.4) is 0 Å². The summed E-state index contributed by atoms with van der Waals surface area (Å²) in [6.07, 6.45) is 3.65. The minimum Gasteiger partial charge on any atom is -0.264 e. The summed E-state index contributed by atoms with van der Waals surface area (Å²) in [7, 11) is 0. The fourth-order valence-electron chi connectivity index (χ4n) is 1.92. The Hall–Kier alpha value is -1.66. The number of aromatic amines is 1. The molecule has 0 spiro atoms. The van der Waals surface area contributed by atoms with E-state index in [9.17, 15) is 0 Å². The number of halogens is 1. The van der Waals surface area contributed by atoms with E-state index in [1.165, 1.54) is 0 Å². The number of thioether (sulfide) groups is 1. The summed E-state index contributed by atoms with van der Waals surface area (Å²) in [5.74, 6) is 0.767. The second-order valence-electron chi connectivity index (χ2n) is 4.49. The van der Waals surface area contributed by atoms with E-state index in [2.05, 4.69) is 49.1 Å². The third-order valence-corrected chi connectivity index (χ3v) is 4.74. The molecule has 0 radical (unpaired) electrons. The maximum Gasteiger partial charge on any atom is 0.209 e. The van der Waals surface area contributed by atoms with E-state index in [1.807, 2.05) is 36.5 Å². The molecule has 1 unspecified atom stereocenters. The molecule has 21 heavy (non-hydrogen) atoms. The van der Waals surface area contributed by atoms with E-state index >= 15 is 0 Å². The van der Waals surface area contributed by atoms with Crippen LogP contribution in [0, 0.1) is 0 Å². The Morgan fingerprint density at radius 1 is 1.19 bits per heavy atom. The Balaban J connectivity index is 1.78. The van der Waals surface area contributed by atoms with Crippen LogP contribution in [-0.4, -0.2) is 20.2 Å². The number of aromatic nitrogens is 4. The van der Waals surface area contributed by atoms with Crippen molar-refractivity contribution in [1.29, 1.82) is 0 Å². The Bertz CT molecular complexity index is 729. The second-order valence-corrected chi connectivity index (χ2v) is 6.66. The molecular formula is C15H13BrN4S. The normalized spacial score (nSPS) is 12.3. The summed E-state index contributed by atoms with van der Waals surface area (Å²) in [5, 5.41) is 8.26. The van der Waals surface area contributed by atoms with Gasteiger partial charge in [0.05, 0.1) is 0 Å². The highest BCUT2D eigenvalue weighted by atomic mass is 79.9. The van der Waals surface area contributed by atoms with Crippen molar-refractivity contribution in [2.75, 3.05) is 0 Å². The van der Waals surface area contributed by atoms with Crippen molar-refractivity contribution in [3.05, 3.63) is 58.8 Å². The van der Waals surface area contributed by atoms with Crippen LogP contribution in [0.5, 0.6) is 0 Å². The maximum absolute atomic E-state index is 4.55. The van der Waals surface area contributed by atoms with Gasteiger partial charge in [0.25, 0.3) is 0 Å². The van der Waals surface area contributed by atoms with E-state index in [1.54, 1.807) is 18.0 Å². The molecule has 0 amide bonds. The number of H-pyrrole nitrogens is 1. The molecule has 2 heterocycles. The van der Waals surface area contributed by atoms with Crippen molar-refractivity contribution in [1.82, 2.24) is 20.2 Å². The average Bonchev–Trinajstić information content (AvgIpc) is 2.97. The van der Waals surface area contributed by atoms with Gasteiger partial charge in [0, 0.05) is 27.7 Å². The van der Waals surface area contributed by atoms with E-state index in [0.29, 0.717) is 0 Å². The van der Waals surface area contributed by atoms with Crippen LogP contribution in [0.15, 0.2) is 58.4 Å². The van der Waals surface area contributed by atoms with Crippen LogP contribution in [0.2, 0.25) is 0 Å². The van der Waals surface area contributed by atoms with Crippen LogP contribution < -0.4 is 0 Å². The molecule has 1 N–H and O–H groups in total. The first-order valence-electron chi connectivity index (χ1n) is 6.48. The summed E-state index contributed by atoms with van der Waals surface area (Å²) >= 11 is 5.14. The predicted octanol–water partition coefficient (Wildman–Crippen LogP) is 4.48. The zero-order valence-electron chi connectivity index (χ0n) is 11.3. The van der Waals surface area contributed by atoms with E-state index in [-0.39, 0.29) is 5.25 Å². The van der Waals surface area contributed by atoms with Gasteiger partial charge >= 0.3 is 0 Å². The minimum absolute atomic E-state index is 0.251. The van der Waals surface area contributed by atoms with Crippen LogP contribution in [0.1, 0.15) is 17.7 Å². The smallest absolute Gasteiger partial charge is 0.209 e. The van der Waals surface area contributed by atoms with Gasteiger partial charge in [-0.15, -0.1) is 5.10 Å². The number of hydrogen-bond acceptors (Lipinski definition) is 4. The Kier molecular flexibility index (Phi) is 4.36. The lowest BCUT2D eigenvalue weighted by Gasteiger charge is -2.07. The van der Waals surface area contributed by atoms with Crippen molar-refractivity contribution in [2.45, 2.75) is 17.3 Å². The molecule has 2 aromatic heterocycles. The molecule has 4 nitrogen and oxygen atoms in total. The number of pyridine rings is 1. The topological polar surface area (TPSA) is 54.5 Å². The molecule has 0 aliphatic rings. The van der Waals surface area contributed by atoms with Gasteiger partial charge < -0.3 is 0 Å². The van der Waals surface area contributed by atoms with Gasteiger partial charge in [-0.2, -0.15) is 0 Å². The first kappa shape index (κ1) is 14.3. The lowest BCUT2D eigenvalue weighted by molar-refractivity contribution is 0.958. The van der Waals surface area contributed by atoms with E-state index in [0.717, 1.165) is 26.6 Å². The van der Waals surface area contributed by atoms with Crippen LogP contribution in [-0.2, 0) is 0 Å². The zero-order chi connectivity index (χ0) is 14.7. The van der Waals surface area contributed by atoms with Crippen molar-refractivity contribution in [2.24, 2.45) is 0 Å². The van der Waals surface area contributed by atoms with Gasteiger partial charge in [-0.25, -0.2) is 4.98 Å². The zero-order valence-corrected chi connectivity index (χ0v) is 13.7. The Morgan fingerprint density at radius 3 is 2.81 bits per heavy atom. The summed E-state index contributed by atoms with van der Waals surface area (Å²) in [5.41, 5.74) is 2.17. The number of benzene rings is 1. The Morgan fingerprint density at radius 2 is 2.05 bits per heavy atom. The molecular weight excluding hydrogens is 348 g/mol. The second kappa shape index (κ2) is 6.41. The van der Waals surface area contributed by atoms with E-state index < -0.39 is 0 Å². The molecule has 0 bridgehead atoms. The predicted molar refractivity (Wildman–Crippen MR) is 88.0 cm³/mol. The first-order valence-corrected chi connectivity index (χ1v) is 8.15. The summed E-state index contributed by atoms with van der Waals surface area (Å²) in [4.78, 5) is 8.70. The SMILES string of the molecule is CC(Sc1n[nH]c(-c2ccccc2Br)n1)c1cccnc1. The van der Waals surface area contributed by atoms with Gasteiger partial charge in [0.15, 0.2) is 5.82 Å². The van der Waals surface area contributed by atoms with Gasteiger partial charge in [-0.1, -0.05) is 52.0 Å². The van der Waals surface area contributed by atoms with Crippen molar-refractivity contribution >= 4 is 27.7 Å². The van der Waals surface area contributed by atoms with Gasteiger partial charge in [-0.3, -0.25) is 10.1 Å². The molecule has 1 aromatic carbocycles. The van der Waals surface area contributed by atoms with Crippen molar-refractivity contribution in [3.63, 3.8) is 0 Å². The number of nitrogens with zero attached hydrogens (tertiary/aromatic N) is 3. The highest BCUT2D eigenvalue weighted by Crippen LogP contribution is 2.33. The molecule has 0 aliphatic heterocycles. The lowest BCUT2D eigenvalue weighted by Crippen LogP contribution is -1.90. The molecule has 0 saturated carbocycles. The monoisotopic (exact) mass is 360 g/mol. The molecule has 6 heteroatoms.